The second-order valence-electron chi connectivity index (χ2n) is 4.28. The molecule has 1 N–H and O–H groups in total. The Balaban J connectivity index is 2.50. The molecule has 0 saturated heterocycles. The molecule has 0 saturated carbocycles. The van der Waals surface area contributed by atoms with Gasteiger partial charge in [-0.2, -0.15) is 0 Å². The van der Waals surface area contributed by atoms with Crippen molar-refractivity contribution in [3.63, 3.8) is 0 Å². The molecule has 0 bridgehead atoms. The minimum Gasteiger partial charge on any atom is -0.423 e. The zero-order valence-corrected chi connectivity index (χ0v) is 10.1. The minimum atomic E-state index is -0.303. The first-order chi connectivity index (χ1) is 8.79. The fourth-order valence-electron chi connectivity index (χ4n) is 2.35. The summed E-state index contributed by atoms with van der Waals surface area (Å²) in [7, 11) is 1.87. The molecule has 3 aromatic rings. The molecule has 0 spiro atoms. The van der Waals surface area contributed by atoms with E-state index < -0.39 is 0 Å². The van der Waals surface area contributed by atoms with Gasteiger partial charge in [-0.25, -0.2) is 4.79 Å². The van der Waals surface area contributed by atoms with E-state index in [-0.39, 0.29) is 5.63 Å². The topological polar surface area (TPSA) is 42.2 Å². The lowest BCUT2D eigenvalue weighted by molar-refractivity contribution is 0.558. The molecule has 0 unspecified atom stereocenters. The molecule has 90 valence electrons. The monoisotopic (exact) mass is 239 g/mol. The highest BCUT2D eigenvalue weighted by Crippen LogP contribution is 2.27. The third-order valence-electron chi connectivity index (χ3n) is 3.08. The molecule has 0 aliphatic heterocycles. The molecular weight excluding hydrogens is 226 g/mol. The third-order valence-corrected chi connectivity index (χ3v) is 3.08. The molecule has 0 atom stereocenters. The predicted molar refractivity (Wildman–Crippen MR) is 72.8 cm³/mol. The lowest BCUT2D eigenvalue weighted by Crippen LogP contribution is -2.09. The van der Waals surface area contributed by atoms with Crippen LogP contribution in [0.5, 0.6) is 0 Å². The van der Waals surface area contributed by atoms with Gasteiger partial charge in [-0.3, -0.25) is 0 Å². The lowest BCUT2D eigenvalue weighted by Gasteiger charge is -2.07. The van der Waals surface area contributed by atoms with Crippen LogP contribution in [0.3, 0.4) is 0 Å². The Morgan fingerprint density at radius 1 is 1.17 bits per heavy atom. The highest BCUT2D eigenvalue weighted by Gasteiger charge is 2.08. The Hall–Kier alpha value is -2.13. The number of fused-ring (bicyclic) bond motifs is 3. The van der Waals surface area contributed by atoms with Crippen molar-refractivity contribution in [3.05, 3.63) is 58.4 Å². The number of hydrogen-bond donors (Lipinski definition) is 1. The summed E-state index contributed by atoms with van der Waals surface area (Å²) in [4.78, 5) is 11.5. The summed E-state index contributed by atoms with van der Waals surface area (Å²) in [6.07, 6.45) is 0. The maximum atomic E-state index is 11.5. The van der Waals surface area contributed by atoms with E-state index in [1.165, 1.54) is 0 Å². The van der Waals surface area contributed by atoms with Crippen LogP contribution >= 0.6 is 0 Å². The minimum absolute atomic E-state index is 0.303. The first-order valence-corrected chi connectivity index (χ1v) is 5.88. The van der Waals surface area contributed by atoms with E-state index in [9.17, 15) is 4.79 Å². The molecule has 3 heteroatoms. The summed E-state index contributed by atoms with van der Waals surface area (Å²) < 4.78 is 5.27. The molecule has 1 heterocycles. The van der Waals surface area contributed by atoms with Crippen LogP contribution in [0.25, 0.3) is 21.7 Å². The zero-order valence-electron chi connectivity index (χ0n) is 10.1. The fraction of sp³-hybridized carbons (Fsp3) is 0.133. The summed E-state index contributed by atoms with van der Waals surface area (Å²) in [5, 5.41) is 6.37. The van der Waals surface area contributed by atoms with Crippen LogP contribution in [0.4, 0.5) is 0 Å². The molecule has 18 heavy (non-hydrogen) atoms. The van der Waals surface area contributed by atoms with Gasteiger partial charge in [0.1, 0.15) is 5.58 Å². The Morgan fingerprint density at radius 2 is 2.00 bits per heavy atom. The van der Waals surface area contributed by atoms with Crippen molar-refractivity contribution < 1.29 is 4.42 Å². The van der Waals surface area contributed by atoms with Crippen molar-refractivity contribution in [1.29, 1.82) is 0 Å². The summed E-state index contributed by atoms with van der Waals surface area (Å²) in [5.74, 6) is 0. The Labute approximate surface area is 104 Å². The van der Waals surface area contributed by atoms with Crippen LogP contribution in [0.2, 0.25) is 0 Å². The smallest absolute Gasteiger partial charge is 0.336 e. The van der Waals surface area contributed by atoms with E-state index in [0.29, 0.717) is 12.1 Å². The number of hydrogen-bond acceptors (Lipinski definition) is 3. The van der Waals surface area contributed by atoms with Crippen molar-refractivity contribution in [2.24, 2.45) is 0 Å². The Bertz CT molecular complexity index is 774. The molecule has 2 aromatic carbocycles. The van der Waals surface area contributed by atoms with Crippen LogP contribution in [0.15, 0.2) is 51.7 Å². The lowest BCUT2D eigenvalue weighted by atomic mass is 10.0. The molecule has 3 rings (SSSR count). The highest BCUT2D eigenvalue weighted by molar-refractivity contribution is 6.07. The molecule has 0 fully saturated rings. The summed E-state index contributed by atoms with van der Waals surface area (Å²) in [6.45, 7) is 0.649. The van der Waals surface area contributed by atoms with Gasteiger partial charge in [0.2, 0.25) is 0 Å². The average molecular weight is 239 g/mol. The largest absolute Gasteiger partial charge is 0.423 e. The van der Waals surface area contributed by atoms with Crippen molar-refractivity contribution in [2.75, 3.05) is 7.05 Å². The van der Waals surface area contributed by atoms with E-state index in [0.717, 1.165) is 21.7 Å². The van der Waals surface area contributed by atoms with E-state index in [1.54, 1.807) is 6.07 Å². The van der Waals surface area contributed by atoms with Crippen LogP contribution in [-0.4, -0.2) is 7.05 Å². The van der Waals surface area contributed by atoms with Crippen molar-refractivity contribution in [1.82, 2.24) is 5.32 Å². The van der Waals surface area contributed by atoms with Gasteiger partial charge in [-0.05, 0) is 29.4 Å². The van der Waals surface area contributed by atoms with E-state index >= 15 is 0 Å². The third kappa shape index (κ3) is 1.69. The van der Waals surface area contributed by atoms with Gasteiger partial charge in [0.25, 0.3) is 0 Å². The van der Waals surface area contributed by atoms with Crippen molar-refractivity contribution in [2.45, 2.75) is 6.54 Å². The van der Waals surface area contributed by atoms with Crippen LogP contribution < -0.4 is 10.9 Å². The molecule has 1 aromatic heterocycles. The highest BCUT2D eigenvalue weighted by atomic mass is 16.4. The maximum absolute atomic E-state index is 11.5. The molecule has 3 nitrogen and oxygen atoms in total. The fourth-order valence-corrected chi connectivity index (χ4v) is 2.35. The first kappa shape index (κ1) is 11.0. The maximum Gasteiger partial charge on any atom is 0.336 e. The molecule has 0 aliphatic rings. The second kappa shape index (κ2) is 4.27. The van der Waals surface area contributed by atoms with Gasteiger partial charge in [0.05, 0.1) is 0 Å². The first-order valence-electron chi connectivity index (χ1n) is 5.88. The molecule has 0 aliphatic carbocycles. The standard InChI is InChI=1S/C15H13NO2/c1-16-9-11-8-14(17)18-13-7-6-10-4-2-3-5-12(10)15(11)13/h2-8,16H,9H2,1H3. The molecule has 0 amide bonds. The van der Waals surface area contributed by atoms with Gasteiger partial charge >= 0.3 is 5.63 Å². The van der Waals surface area contributed by atoms with Crippen LogP contribution in [0, 0.1) is 0 Å². The van der Waals surface area contributed by atoms with Crippen LogP contribution in [-0.2, 0) is 6.54 Å². The summed E-state index contributed by atoms with van der Waals surface area (Å²) >= 11 is 0. The number of benzene rings is 2. The SMILES string of the molecule is CNCc1cc(=O)oc2ccc3ccccc3c12. The Kier molecular flexibility index (Phi) is 2.61. The number of nitrogens with one attached hydrogen (secondary N) is 1. The van der Waals surface area contributed by atoms with E-state index in [2.05, 4.69) is 17.4 Å². The van der Waals surface area contributed by atoms with Gasteiger partial charge in [0.15, 0.2) is 0 Å². The zero-order chi connectivity index (χ0) is 12.5. The average Bonchev–Trinajstić information content (AvgIpc) is 2.38. The van der Waals surface area contributed by atoms with E-state index in [4.69, 9.17) is 4.42 Å². The van der Waals surface area contributed by atoms with Gasteiger partial charge in [0, 0.05) is 18.0 Å². The summed E-state index contributed by atoms with van der Waals surface area (Å²) in [5.41, 5.74) is 1.31. The summed E-state index contributed by atoms with van der Waals surface area (Å²) in [6, 6.07) is 13.5. The van der Waals surface area contributed by atoms with Gasteiger partial charge in [-0.1, -0.05) is 30.3 Å². The normalized spacial score (nSPS) is 11.2. The van der Waals surface area contributed by atoms with Crippen molar-refractivity contribution in [3.8, 4) is 0 Å². The van der Waals surface area contributed by atoms with Crippen LogP contribution in [0.1, 0.15) is 5.56 Å². The predicted octanol–water partition coefficient (Wildman–Crippen LogP) is 2.67. The van der Waals surface area contributed by atoms with E-state index in [1.807, 2.05) is 31.3 Å². The van der Waals surface area contributed by atoms with Gasteiger partial charge < -0.3 is 9.73 Å². The molecule has 0 radical (unpaired) electrons. The number of rotatable bonds is 2. The molecular formula is C15H13NO2. The quantitative estimate of drug-likeness (QED) is 0.552. The van der Waals surface area contributed by atoms with Crippen molar-refractivity contribution >= 4 is 21.7 Å². The Morgan fingerprint density at radius 3 is 2.83 bits per heavy atom. The van der Waals surface area contributed by atoms with Gasteiger partial charge in [-0.15, -0.1) is 0 Å². The second-order valence-corrected chi connectivity index (χ2v) is 4.28.